The maximum Gasteiger partial charge on any atom is 0.220 e. The summed E-state index contributed by atoms with van der Waals surface area (Å²) in [5.41, 5.74) is 0.896. The number of unbranched alkanes of at least 4 members (excludes halogenated alkanes) is 12. The number of carbonyl (C=O) groups excluding carboxylic acids is 1. The molecule has 4 nitrogen and oxygen atoms in total. The van der Waals surface area contributed by atoms with Crippen molar-refractivity contribution in [3.63, 3.8) is 0 Å². The number of amides is 1. The molecule has 0 aliphatic rings. The van der Waals surface area contributed by atoms with Crippen LogP contribution in [0.3, 0.4) is 0 Å². The van der Waals surface area contributed by atoms with Gasteiger partial charge in [0.05, 0.1) is 0 Å². The van der Waals surface area contributed by atoms with Gasteiger partial charge in [-0.05, 0) is 62.6 Å². The number of hydrogen-bond acceptors (Lipinski definition) is 3. The van der Waals surface area contributed by atoms with Crippen LogP contribution < -0.4 is 5.32 Å². The van der Waals surface area contributed by atoms with Gasteiger partial charge < -0.3 is 15.5 Å². The smallest absolute Gasteiger partial charge is 0.220 e. The second kappa shape index (κ2) is 21.3. The Labute approximate surface area is 208 Å². The summed E-state index contributed by atoms with van der Waals surface area (Å²) in [6, 6.07) is 4.77. The Bertz CT molecular complexity index is 696. The van der Waals surface area contributed by atoms with Crippen molar-refractivity contribution in [2.75, 3.05) is 6.54 Å². The number of phenols is 2. The molecule has 0 atom stereocenters. The maximum absolute atomic E-state index is 11.9. The number of carbonyl (C=O) groups is 1. The van der Waals surface area contributed by atoms with Gasteiger partial charge in [0.1, 0.15) is 0 Å². The minimum atomic E-state index is -0.118. The largest absolute Gasteiger partial charge is 0.504 e. The summed E-state index contributed by atoms with van der Waals surface area (Å²) in [5.74, 6) is -0.138. The van der Waals surface area contributed by atoms with E-state index < -0.39 is 0 Å². The van der Waals surface area contributed by atoms with E-state index in [1.807, 2.05) is 0 Å². The standard InChI is InChI=1S/C30H49NO3/c1-2-3-4-5-6-7-8-9-10-11-12-13-14-15-16-17-18-19-20-21-30(34)31-25-24-27-22-23-28(32)29(33)26-27/h6-7,9-10,22-23,26,32-33H,2-5,8,11-21,24-25H2,1H3,(H,31,34)/b7-6-,10-9-. The zero-order valence-corrected chi connectivity index (χ0v) is 21.6. The SMILES string of the molecule is CCCCC/C=C\C/C=C\CCCCCCCCCCCC(=O)NCCc1ccc(O)c(O)c1. The average molecular weight is 472 g/mol. The van der Waals surface area contributed by atoms with Gasteiger partial charge in [-0.15, -0.1) is 0 Å². The van der Waals surface area contributed by atoms with Crippen LogP contribution in [0.1, 0.15) is 115 Å². The van der Waals surface area contributed by atoms with Crippen LogP contribution in [0.25, 0.3) is 0 Å². The van der Waals surface area contributed by atoms with Crippen molar-refractivity contribution in [2.45, 2.75) is 116 Å². The van der Waals surface area contributed by atoms with Crippen LogP contribution in [0.4, 0.5) is 0 Å². The Hall–Kier alpha value is -2.23. The van der Waals surface area contributed by atoms with E-state index in [9.17, 15) is 15.0 Å². The molecular weight excluding hydrogens is 422 g/mol. The Morgan fingerprint density at radius 2 is 1.35 bits per heavy atom. The van der Waals surface area contributed by atoms with E-state index in [1.54, 1.807) is 6.07 Å². The van der Waals surface area contributed by atoms with Gasteiger partial charge in [0.25, 0.3) is 0 Å². The van der Waals surface area contributed by atoms with Crippen LogP contribution in [-0.4, -0.2) is 22.7 Å². The Morgan fingerprint density at radius 3 is 1.97 bits per heavy atom. The zero-order chi connectivity index (χ0) is 24.7. The molecule has 0 saturated heterocycles. The lowest BCUT2D eigenvalue weighted by Crippen LogP contribution is -2.25. The molecule has 0 saturated carbocycles. The molecule has 0 aromatic heterocycles. The second-order valence-corrected chi connectivity index (χ2v) is 9.32. The molecular formula is C30H49NO3. The van der Waals surface area contributed by atoms with Gasteiger partial charge in [0.2, 0.25) is 5.91 Å². The number of benzene rings is 1. The number of allylic oxidation sites excluding steroid dienone is 4. The van der Waals surface area contributed by atoms with E-state index in [2.05, 4.69) is 36.5 Å². The van der Waals surface area contributed by atoms with Crippen LogP contribution in [0.15, 0.2) is 42.5 Å². The van der Waals surface area contributed by atoms with E-state index in [1.165, 1.54) is 89.2 Å². The first-order valence-electron chi connectivity index (χ1n) is 13.7. The lowest BCUT2D eigenvalue weighted by atomic mass is 10.1. The molecule has 0 bridgehead atoms. The monoisotopic (exact) mass is 471 g/mol. The number of rotatable bonds is 21. The van der Waals surface area contributed by atoms with Crippen LogP contribution in [0, 0.1) is 0 Å². The Balaban J connectivity index is 1.83. The highest BCUT2D eigenvalue weighted by Crippen LogP contribution is 2.24. The molecule has 0 aliphatic heterocycles. The summed E-state index contributed by atoms with van der Waals surface area (Å²) in [5, 5.41) is 21.7. The molecule has 3 N–H and O–H groups in total. The normalized spacial score (nSPS) is 11.6. The minimum absolute atomic E-state index is 0.0973. The van der Waals surface area contributed by atoms with Crippen molar-refractivity contribution in [1.29, 1.82) is 0 Å². The Kier molecular flexibility index (Phi) is 18.7. The van der Waals surface area contributed by atoms with Crippen molar-refractivity contribution in [3.8, 4) is 11.5 Å². The average Bonchev–Trinajstić information content (AvgIpc) is 2.83. The second-order valence-electron chi connectivity index (χ2n) is 9.32. The van der Waals surface area contributed by atoms with E-state index in [0.29, 0.717) is 19.4 Å². The van der Waals surface area contributed by atoms with Gasteiger partial charge in [-0.25, -0.2) is 0 Å². The first kappa shape index (κ1) is 29.8. The number of nitrogens with one attached hydrogen (secondary N) is 1. The number of aromatic hydroxyl groups is 2. The predicted octanol–water partition coefficient (Wildman–Crippen LogP) is 8.13. The first-order chi connectivity index (χ1) is 16.6. The van der Waals surface area contributed by atoms with Crippen molar-refractivity contribution in [3.05, 3.63) is 48.1 Å². The predicted molar refractivity (Wildman–Crippen MR) is 144 cm³/mol. The third-order valence-electron chi connectivity index (χ3n) is 6.13. The molecule has 1 rings (SSSR count). The Morgan fingerprint density at radius 1 is 0.765 bits per heavy atom. The van der Waals surface area contributed by atoms with Crippen molar-refractivity contribution in [1.82, 2.24) is 5.32 Å². The summed E-state index contributed by atoms with van der Waals surface area (Å²) in [7, 11) is 0. The summed E-state index contributed by atoms with van der Waals surface area (Å²) < 4.78 is 0. The molecule has 0 fully saturated rings. The summed E-state index contributed by atoms with van der Waals surface area (Å²) >= 11 is 0. The van der Waals surface area contributed by atoms with E-state index in [4.69, 9.17) is 0 Å². The summed E-state index contributed by atoms with van der Waals surface area (Å²) in [4.78, 5) is 11.9. The van der Waals surface area contributed by atoms with Crippen LogP contribution in [0.5, 0.6) is 11.5 Å². The quantitative estimate of drug-likeness (QED) is 0.0962. The fourth-order valence-corrected chi connectivity index (χ4v) is 3.96. The molecule has 0 unspecified atom stereocenters. The molecule has 192 valence electrons. The third-order valence-corrected chi connectivity index (χ3v) is 6.13. The fraction of sp³-hybridized carbons (Fsp3) is 0.633. The molecule has 1 amide bonds. The maximum atomic E-state index is 11.9. The molecule has 0 heterocycles. The van der Waals surface area contributed by atoms with Crippen molar-refractivity contribution >= 4 is 5.91 Å². The fourth-order valence-electron chi connectivity index (χ4n) is 3.96. The molecule has 0 radical (unpaired) electrons. The summed E-state index contributed by atoms with van der Waals surface area (Å²) in [6.45, 7) is 2.80. The van der Waals surface area contributed by atoms with Crippen LogP contribution in [-0.2, 0) is 11.2 Å². The van der Waals surface area contributed by atoms with E-state index >= 15 is 0 Å². The van der Waals surface area contributed by atoms with Gasteiger partial charge in [0.15, 0.2) is 11.5 Å². The number of hydrogen-bond donors (Lipinski definition) is 3. The van der Waals surface area contributed by atoms with Crippen LogP contribution >= 0.6 is 0 Å². The highest BCUT2D eigenvalue weighted by atomic mass is 16.3. The third kappa shape index (κ3) is 17.3. The van der Waals surface area contributed by atoms with Gasteiger partial charge in [-0.2, -0.15) is 0 Å². The van der Waals surface area contributed by atoms with Gasteiger partial charge in [0, 0.05) is 13.0 Å². The molecule has 34 heavy (non-hydrogen) atoms. The van der Waals surface area contributed by atoms with E-state index in [-0.39, 0.29) is 17.4 Å². The van der Waals surface area contributed by atoms with Crippen molar-refractivity contribution < 1.29 is 15.0 Å². The molecule has 0 spiro atoms. The molecule has 1 aromatic rings. The zero-order valence-electron chi connectivity index (χ0n) is 21.6. The lowest BCUT2D eigenvalue weighted by Gasteiger charge is -2.06. The molecule has 4 heteroatoms. The van der Waals surface area contributed by atoms with Gasteiger partial charge in [-0.1, -0.05) is 95.1 Å². The van der Waals surface area contributed by atoms with Crippen LogP contribution in [0.2, 0.25) is 0 Å². The highest BCUT2D eigenvalue weighted by molar-refractivity contribution is 5.75. The molecule has 1 aromatic carbocycles. The first-order valence-corrected chi connectivity index (χ1v) is 13.7. The van der Waals surface area contributed by atoms with Crippen molar-refractivity contribution in [2.24, 2.45) is 0 Å². The topological polar surface area (TPSA) is 69.6 Å². The highest BCUT2D eigenvalue weighted by Gasteiger charge is 2.03. The van der Waals surface area contributed by atoms with E-state index in [0.717, 1.165) is 24.8 Å². The minimum Gasteiger partial charge on any atom is -0.504 e. The van der Waals surface area contributed by atoms with Gasteiger partial charge in [-0.3, -0.25) is 4.79 Å². The molecule has 0 aliphatic carbocycles. The summed E-state index contributed by atoms with van der Waals surface area (Å²) in [6.07, 6.45) is 29.2. The van der Waals surface area contributed by atoms with Gasteiger partial charge >= 0.3 is 0 Å². The number of phenolic OH excluding ortho intramolecular Hbond substituents is 2. The lowest BCUT2D eigenvalue weighted by molar-refractivity contribution is -0.121.